The Kier molecular flexibility index (Phi) is 4.03. The molecule has 5 fully saturated rings. The van der Waals surface area contributed by atoms with E-state index in [1.54, 1.807) is 12.7 Å². The van der Waals surface area contributed by atoms with Crippen LogP contribution in [-0.4, -0.2) is 44.3 Å². The SMILES string of the molecule is CC(C)(NC(=O)N1CCC(n2cnnc2)CC1)C12CC3CC(CC(C3)C1)C2. The molecule has 1 aliphatic heterocycles. The van der Waals surface area contributed by atoms with Crippen LogP contribution >= 0.6 is 0 Å². The van der Waals surface area contributed by atoms with Crippen LogP contribution in [0.2, 0.25) is 0 Å². The second kappa shape index (κ2) is 6.21. The van der Waals surface area contributed by atoms with Gasteiger partial charge in [-0.1, -0.05) is 0 Å². The summed E-state index contributed by atoms with van der Waals surface area (Å²) in [5, 5.41) is 11.3. The van der Waals surface area contributed by atoms with Gasteiger partial charge in [-0.2, -0.15) is 0 Å². The van der Waals surface area contributed by atoms with Gasteiger partial charge in [0.1, 0.15) is 12.7 Å². The molecule has 2 amide bonds. The van der Waals surface area contributed by atoms with Crippen LogP contribution < -0.4 is 5.32 Å². The lowest BCUT2D eigenvalue weighted by molar-refractivity contribution is -0.0958. The van der Waals surface area contributed by atoms with Crippen LogP contribution in [-0.2, 0) is 0 Å². The van der Waals surface area contributed by atoms with Crippen LogP contribution in [0, 0.1) is 23.2 Å². The Morgan fingerprint density at radius 2 is 1.52 bits per heavy atom. The first-order valence-electron chi connectivity index (χ1n) is 10.9. The Morgan fingerprint density at radius 1 is 1.00 bits per heavy atom. The van der Waals surface area contributed by atoms with Crippen molar-refractivity contribution in [1.29, 1.82) is 0 Å². The van der Waals surface area contributed by atoms with Crippen molar-refractivity contribution in [2.75, 3.05) is 13.1 Å². The second-order valence-electron chi connectivity index (χ2n) is 10.4. The average molecular weight is 372 g/mol. The molecule has 4 bridgehead atoms. The van der Waals surface area contributed by atoms with E-state index < -0.39 is 0 Å². The third-order valence-corrected chi connectivity index (χ3v) is 8.39. The summed E-state index contributed by atoms with van der Waals surface area (Å²) in [6.45, 7) is 6.21. The number of carbonyl (C=O) groups is 1. The van der Waals surface area contributed by atoms with Crippen LogP contribution in [0.15, 0.2) is 12.7 Å². The highest BCUT2D eigenvalue weighted by atomic mass is 16.2. The molecular formula is C21H33N5O. The summed E-state index contributed by atoms with van der Waals surface area (Å²) < 4.78 is 2.08. The second-order valence-corrected chi connectivity index (χ2v) is 10.4. The van der Waals surface area contributed by atoms with Gasteiger partial charge in [0.2, 0.25) is 0 Å². The van der Waals surface area contributed by atoms with Gasteiger partial charge in [-0.25, -0.2) is 4.79 Å². The summed E-state index contributed by atoms with van der Waals surface area (Å²) in [6.07, 6.45) is 13.8. The fourth-order valence-corrected chi connectivity index (χ4v) is 7.12. The van der Waals surface area contributed by atoms with Crippen LogP contribution in [0.25, 0.3) is 0 Å². The minimum Gasteiger partial charge on any atom is -0.333 e. The number of amides is 2. The lowest BCUT2D eigenvalue weighted by Gasteiger charge is -2.62. The van der Waals surface area contributed by atoms with E-state index in [0.717, 1.165) is 43.7 Å². The number of carbonyl (C=O) groups excluding carboxylic acids is 1. The molecule has 6 nitrogen and oxygen atoms in total. The Balaban J connectivity index is 1.23. The highest BCUT2D eigenvalue weighted by Gasteiger charge is 2.57. The fourth-order valence-electron chi connectivity index (χ4n) is 7.12. The maximum atomic E-state index is 13.1. The van der Waals surface area contributed by atoms with Crippen LogP contribution in [0.5, 0.6) is 0 Å². The third-order valence-electron chi connectivity index (χ3n) is 8.39. The standard InChI is InChI=1S/C21H33N5O/c1-20(2,21-10-15-7-16(11-21)9-17(8-15)12-21)24-19(27)25-5-3-18(4-6-25)26-13-22-23-14-26/h13-18H,3-12H2,1-2H3,(H,24,27). The maximum absolute atomic E-state index is 13.1. The van der Waals surface area contributed by atoms with Crippen molar-refractivity contribution < 1.29 is 4.79 Å². The summed E-state index contributed by atoms with van der Waals surface area (Å²) in [7, 11) is 0. The van der Waals surface area contributed by atoms with Crippen molar-refractivity contribution in [3.8, 4) is 0 Å². The Morgan fingerprint density at radius 3 is 2.04 bits per heavy atom. The number of aromatic nitrogens is 3. The van der Waals surface area contributed by atoms with Crippen molar-refractivity contribution in [3.05, 3.63) is 12.7 Å². The molecule has 5 aliphatic rings. The van der Waals surface area contributed by atoms with Crippen molar-refractivity contribution in [3.63, 3.8) is 0 Å². The molecule has 0 spiro atoms. The first-order chi connectivity index (χ1) is 12.9. The normalized spacial score (nSPS) is 36.2. The molecule has 1 N–H and O–H groups in total. The van der Waals surface area contributed by atoms with Gasteiger partial charge in [-0.15, -0.1) is 10.2 Å². The largest absolute Gasteiger partial charge is 0.333 e. The van der Waals surface area contributed by atoms with E-state index in [2.05, 4.69) is 33.9 Å². The van der Waals surface area contributed by atoms with E-state index in [1.165, 1.54) is 38.5 Å². The molecule has 27 heavy (non-hydrogen) atoms. The van der Waals surface area contributed by atoms with E-state index in [9.17, 15) is 4.79 Å². The molecule has 4 aliphatic carbocycles. The average Bonchev–Trinajstić information content (AvgIpc) is 3.15. The first kappa shape index (κ1) is 17.5. The predicted molar refractivity (Wildman–Crippen MR) is 103 cm³/mol. The van der Waals surface area contributed by atoms with E-state index in [4.69, 9.17) is 0 Å². The topological polar surface area (TPSA) is 63.1 Å². The quantitative estimate of drug-likeness (QED) is 0.883. The molecule has 0 radical (unpaired) electrons. The lowest BCUT2D eigenvalue weighted by atomic mass is 9.45. The Labute approximate surface area is 162 Å². The molecule has 6 heteroatoms. The van der Waals surface area contributed by atoms with Gasteiger partial charge < -0.3 is 14.8 Å². The van der Waals surface area contributed by atoms with Crippen molar-refractivity contribution in [1.82, 2.24) is 25.0 Å². The van der Waals surface area contributed by atoms with Crippen LogP contribution in [0.3, 0.4) is 0 Å². The number of hydrogen-bond acceptors (Lipinski definition) is 3. The molecule has 1 saturated heterocycles. The number of rotatable bonds is 3. The molecule has 1 aromatic rings. The highest BCUT2D eigenvalue weighted by molar-refractivity contribution is 5.75. The van der Waals surface area contributed by atoms with Crippen molar-refractivity contribution in [2.45, 2.75) is 76.8 Å². The van der Waals surface area contributed by atoms with Gasteiger partial charge in [0, 0.05) is 24.7 Å². The number of nitrogens with one attached hydrogen (secondary N) is 1. The van der Waals surface area contributed by atoms with Gasteiger partial charge in [0.25, 0.3) is 0 Å². The zero-order chi connectivity index (χ0) is 18.6. The van der Waals surface area contributed by atoms with E-state index in [-0.39, 0.29) is 11.6 Å². The molecule has 2 heterocycles. The van der Waals surface area contributed by atoms with Gasteiger partial charge in [0.15, 0.2) is 0 Å². The number of urea groups is 1. The van der Waals surface area contributed by atoms with Gasteiger partial charge in [0.05, 0.1) is 0 Å². The summed E-state index contributed by atoms with van der Waals surface area (Å²) >= 11 is 0. The maximum Gasteiger partial charge on any atom is 0.317 e. The molecule has 148 valence electrons. The first-order valence-corrected chi connectivity index (χ1v) is 10.9. The third kappa shape index (κ3) is 2.95. The van der Waals surface area contributed by atoms with Crippen molar-refractivity contribution in [2.24, 2.45) is 23.2 Å². The summed E-state index contributed by atoms with van der Waals surface area (Å²) in [5.41, 5.74) is 0.198. The molecule has 1 aromatic heterocycles. The molecule has 4 saturated carbocycles. The van der Waals surface area contributed by atoms with E-state index >= 15 is 0 Å². The highest BCUT2D eigenvalue weighted by Crippen LogP contribution is 2.63. The van der Waals surface area contributed by atoms with Crippen LogP contribution in [0.4, 0.5) is 4.79 Å². The van der Waals surface area contributed by atoms with Crippen molar-refractivity contribution >= 4 is 6.03 Å². The molecule has 0 atom stereocenters. The Bertz CT molecular complexity index is 654. The van der Waals surface area contributed by atoms with Gasteiger partial charge >= 0.3 is 6.03 Å². The van der Waals surface area contributed by atoms with E-state index in [1.807, 2.05) is 4.90 Å². The molecule has 0 unspecified atom stereocenters. The summed E-state index contributed by atoms with van der Waals surface area (Å²) in [4.78, 5) is 15.1. The smallest absolute Gasteiger partial charge is 0.317 e. The molecular weight excluding hydrogens is 338 g/mol. The molecule has 0 aromatic carbocycles. The minimum atomic E-state index is -0.120. The predicted octanol–water partition coefficient (Wildman–Crippen LogP) is 3.62. The van der Waals surface area contributed by atoms with Gasteiger partial charge in [-0.05, 0) is 88.4 Å². The Hall–Kier alpha value is -1.59. The van der Waals surface area contributed by atoms with Crippen LogP contribution in [0.1, 0.15) is 71.3 Å². The number of likely N-dealkylation sites (tertiary alicyclic amines) is 1. The number of nitrogens with zero attached hydrogens (tertiary/aromatic N) is 4. The zero-order valence-corrected chi connectivity index (χ0v) is 16.7. The fraction of sp³-hybridized carbons (Fsp3) is 0.857. The minimum absolute atomic E-state index is 0.120. The van der Waals surface area contributed by atoms with E-state index in [0.29, 0.717) is 11.5 Å². The van der Waals surface area contributed by atoms with Gasteiger partial charge in [-0.3, -0.25) is 0 Å². The number of hydrogen-bond donors (Lipinski definition) is 1. The zero-order valence-electron chi connectivity index (χ0n) is 16.7. The lowest BCUT2D eigenvalue weighted by Crippen LogP contribution is -2.64. The summed E-state index contributed by atoms with van der Waals surface area (Å²) in [6, 6.07) is 0.554. The number of piperidine rings is 1. The monoisotopic (exact) mass is 371 g/mol. The molecule has 6 rings (SSSR count). The summed E-state index contributed by atoms with van der Waals surface area (Å²) in [5.74, 6) is 2.73.